The minimum absolute atomic E-state index is 0.195. The highest BCUT2D eigenvalue weighted by Gasteiger charge is 2.12. The number of aromatic nitrogens is 3. The van der Waals surface area contributed by atoms with Gasteiger partial charge in [-0.05, 0) is 18.2 Å². The van der Waals surface area contributed by atoms with E-state index < -0.39 is 5.69 Å². The summed E-state index contributed by atoms with van der Waals surface area (Å²) in [4.78, 5) is 20.2. The summed E-state index contributed by atoms with van der Waals surface area (Å²) in [5, 5.41) is 1.76. The number of rotatable bonds is 3. The fourth-order valence-electron chi connectivity index (χ4n) is 1.71. The maximum atomic E-state index is 12.1. The van der Waals surface area contributed by atoms with Gasteiger partial charge in [-0.3, -0.25) is 5.01 Å². The van der Waals surface area contributed by atoms with Crippen LogP contribution >= 0.6 is 11.6 Å². The molecule has 0 aliphatic heterocycles. The van der Waals surface area contributed by atoms with Gasteiger partial charge in [0.25, 0.3) is 0 Å². The van der Waals surface area contributed by atoms with E-state index in [0.717, 1.165) is 0 Å². The van der Waals surface area contributed by atoms with Gasteiger partial charge in [0.1, 0.15) is 5.82 Å². The predicted molar refractivity (Wildman–Crippen MR) is 74.6 cm³/mol. The van der Waals surface area contributed by atoms with E-state index >= 15 is 0 Å². The molecule has 0 saturated heterocycles. The Morgan fingerprint density at radius 3 is 2.74 bits per heavy atom. The predicted octanol–water partition coefficient (Wildman–Crippen LogP) is 1.15. The lowest BCUT2D eigenvalue weighted by molar-refractivity contribution is 0.749. The number of halogens is 1. The van der Waals surface area contributed by atoms with Gasteiger partial charge in [0.2, 0.25) is 5.95 Å². The third-order valence-corrected chi connectivity index (χ3v) is 2.81. The van der Waals surface area contributed by atoms with Crippen molar-refractivity contribution in [3.63, 3.8) is 0 Å². The zero-order chi connectivity index (χ0) is 14.0. The van der Waals surface area contributed by atoms with Gasteiger partial charge in [-0.25, -0.2) is 15.2 Å². The first kappa shape index (κ1) is 13.5. The number of nitrogens with zero attached hydrogens (tertiary/aromatic N) is 4. The van der Waals surface area contributed by atoms with Gasteiger partial charge in [-0.2, -0.15) is 9.97 Å². The third kappa shape index (κ3) is 2.74. The second-order valence-corrected chi connectivity index (χ2v) is 4.44. The van der Waals surface area contributed by atoms with E-state index in [1.807, 2.05) is 6.92 Å². The molecule has 0 atom stereocenters. The molecule has 0 spiro atoms. The van der Waals surface area contributed by atoms with Crippen molar-refractivity contribution in [1.82, 2.24) is 14.5 Å². The minimum atomic E-state index is -0.429. The van der Waals surface area contributed by atoms with Crippen molar-refractivity contribution < 1.29 is 0 Å². The van der Waals surface area contributed by atoms with Gasteiger partial charge in [-0.1, -0.05) is 24.6 Å². The molecule has 7 heteroatoms. The van der Waals surface area contributed by atoms with E-state index in [1.165, 1.54) is 9.58 Å². The lowest BCUT2D eigenvalue weighted by atomic mass is 10.3. The molecule has 1 aromatic heterocycles. The lowest BCUT2D eigenvalue weighted by Gasteiger charge is -2.14. The molecule has 0 aliphatic rings. The van der Waals surface area contributed by atoms with Crippen molar-refractivity contribution in [2.45, 2.75) is 13.3 Å². The van der Waals surface area contributed by atoms with Gasteiger partial charge in [0.05, 0.1) is 5.69 Å². The number of hydrogen-bond acceptors (Lipinski definition) is 5. The molecule has 1 heterocycles. The summed E-state index contributed by atoms with van der Waals surface area (Å²) in [5.41, 5.74) is 0.210. The Morgan fingerprint density at radius 2 is 2.16 bits per heavy atom. The van der Waals surface area contributed by atoms with E-state index in [-0.39, 0.29) is 5.95 Å². The van der Waals surface area contributed by atoms with Crippen molar-refractivity contribution in [3.8, 4) is 5.69 Å². The molecule has 6 nitrogen and oxygen atoms in total. The molecule has 0 unspecified atom stereocenters. The van der Waals surface area contributed by atoms with Gasteiger partial charge >= 0.3 is 5.69 Å². The molecule has 1 aromatic carbocycles. The summed E-state index contributed by atoms with van der Waals surface area (Å²) in [6, 6.07) is 6.98. The summed E-state index contributed by atoms with van der Waals surface area (Å²) in [6.07, 6.45) is 0.575. The van der Waals surface area contributed by atoms with Gasteiger partial charge in [0.15, 0.2) is 0 Å². The maximum absolute atomic E-state index is 12.1. The molecule has 0 fully saturated rings. The van der Waals surface area contributed by atoms with E-state index in [2.05, 4.69) is 9.97 Å². The van der Waals surface area contributed by atoms with Crippen molar-refractivity contribution in [3.05, 3.63) is 45.6 Å². The van der Waals surface area contributed by atoms with Gasteiger partial charge < -0.3 is 0 Å². The lowest BCUT2D eigenvalue weighted by Crippen LogP contribution is -2.34. The van der Waals surface area contributed by atoms with Crippen LogP contribution in [0.2, 0.25) is 5.02 Å². The number of benzene rings is 1. The van der Waals surface area contributed by atoms with E-state index in [9.17, 15) is 4.79 Å². The molecule has 0 radical (unpaired) electrons. The van der Waals surface area contributed by atoms with Crippen LogP contribution in [-0.4, -0.2) is 21.6 Å². The molecule has 2 N–H and O–H groups in total. The molecule has 0 amide bonds. The van der Waals surface area contributed by atoms with Crippen LogP contribution in [0.15, 0.2) is 29.1 Å². The summed E-state index contributed by atoms with van der Waals surface area (Å²) >= 11 is 5.94. The minimum Gasteiger partial charge on any atom is -0.282 e. The first-order valence-electron chi connectivity index (χ1n) is 5.77. The van der Waals surface area contributed by atoms with Crippen LogP contribution in [-0.2, 0) is 6.42 Å². The van der Waals surface area contributed by atoms with E-state index in [4.69, 9.17) is 17.4 Å². The normalized spacial score (nSPS) is 10.5. The van der Waals surface area contributed by atoms with Crippen LogP contribution in [0.25, 0.3) is 5.69 Å². The standard InChI is InChI=1S/C12H14ClN5O/c1-3-10-15-11(17(2)14)16-12(19)18(10)9-6-4-5-8(13)7-9/h4-7H,3,14H2,1-2H3. The zero-order valence-corrected chi connectivity index (χ0v) is 11.4. The largest absolute Gasteiger partial charge is 0.356 e. The maximum Gasteiger partial charge on any atom is 0.356 e. The molecule has 0 saturated carbocycles. The van der Waals surface area contributed by atoms with Crippen LogP contribution in [0.5, 0.6) is 0 Å². The molecule has 0 aliphatic carbocycles. The second kappa shape index (κ2) is 5.38. The number of anilines is 1. The first-order valence-corrected chi connectivity index (χ1v) is 6.15. The Balaban J connectivity index is 2.67. The fourth-order valence-corrected chi connectivity index (χ4v) is 1.89. The molecule has 2 rings (SSSR count). The monoisotopic (exact) mass is 279 g/mol. The number of hydrogen-bond donors (Lipinski definition) is 1. The topological polar surface area (TPSA) is 77.0 Å². The van der Waals surface area contributed by atoms with Gasteiger partial charge in [0, 0.05) is 18.5 Å². The number of aryl methyl sites for hydroxylation is 1. The summed E-state index contributed by atoms with van der Waals surface area (Å²) in [7, 11) is 1.58. The van der Waals surface area contributed by atoms with Crippen molar-refractivity contribution in [1.29, 1.82) is 0 Å². The molecular weight excluding hydrogens is 266 g/mol. The van der Waals surface area contributed by atoms with Crippen LogP contribution in [0.4, 0.5) is 5.95 Å². The Labute approximate surface area is 115 Å². The smallest absolute Gasteiger partial charge is 0.282 e. The zero-order valence-electron chi connectivity index (χ0n) is 10.7. The Morgan fingerprint density at radius 1 is 1.42 bits per heavy atom. The van der Waals surface area contributed by atoms with Crippen LogP contribution in [0.3, 0.4) is 0 Å². The van der Waals surface area contributed by atoms with Crippen LogP contribution in [0.1, 0.15) is 12.7 Å². The SMILES string of the molecule is CCc1nc(N(C)N)nc(=O)n1-c1cccc(Cl)c1. The van der Waals surface area contributed by atoms with Crippen molar-refractivity contribution in [2.24, 2.45) is 5.84 Å². The summed E-state index contributed by atoms with van der Waals surface area (Å²) < 4.78 is 1.43. The molecule has 100 valence electrons. The average Bonchev–Trinajstić information content (AvgIpc) is 2.37. The van der Waals surface area contributed by atoms with Crippen LogP contribution in [0, 0.1) is 0 Å². The van der Waals surface area contributed by atoms with Crippen molar-refractivity contribution >= 4 is 17.5 Å². The highest BCUT2D eigenvalue weighted by molar-refractivity contribution is 6.30. The molecule has 19 heavy (non-hydrogen) atoms. The fraction of sp³-hybridized carbons (Fsp3) is 0.250. The molecule has 0 bridgehead atoms. The quantitative estimate of drug-likeness (QED) is 0.674. The van der Waals surface area contributed by atoms with Gasteiger partial charge in [-0.15, -0.1) is 0 Å². The Kier molecular flexibility index (Phi) is 3.82. The number of nitrogens with two attached hydrogens (primary N) is 1. The summed E-state index contributed by atoms with van der Waals surface area (Å²) in [6.45, 7) is 1.91. The Bertz CT molecular complexity index is 653. The van der Waals surface area contributed by atoms with E-state index in [0.29, 0.717) is 23.0 Å². The molecule has 2 aromatic rings. The average molecular weight is 280 g/mol. The van der Waals surface area contributed by atoms with Crippen molar-refractivity contribution in [2.75, 3.05) is 12.1 Å². The Hall–Kier alpha value is -1.92. The van der Waals surface area contributed by atoms with E-state index in [1.54, 1.807) is 31.3 Å². The molecular formula is C12H14ClN5O. The van der Waals surface area contributed by atoms with Crippen LogP contribution < -0.4 is 16.5 Å². The third-order valence-electron chi connectivity index (χ3n) is 2.57. The highest BCUT2D eigenvalue weighted by Crippen LogP contribution is 2.15. The second-order valence-electron chi connectivity index (χ2n) is 4.00. The number of hydrazine groups is 1. The summed E-state index contributed by atoms with van der Waals surface area (Å²) in [5.74, 6) is 6.33. The highest BCUT2D eigenvalue weighted by atomic mass is 35.5. The first-order chi connectivity index (χ1) is 9.02.